The predicted octanol–water partition coefficient (Wildman–Crippen LogP) is -0.0661. The van der Waals surface area contributed by atoms with Crippen molar-refractivity contribution >= 4 is 11.8 Å². The van der Waals surface area contributed by atoms with Crippen LogP contribution in [-0.2, 0) is 9.59 Å². The van der Waals surface area contributed by atoms with E-state index in [2.05, 4.69) is 10.6 Å². The zero-order valence-electron chi connectivity index (χ0n) is 9.50. The standard InChI is InChI=1S/C11H20N2O3/c14-8-4-2-6-10(15)13-9-5-1-3-7-12-11(9)16/h9,14H,1-8H2,(H,12,16)(H,13,15). The first-order chi connectivity index (χ1) is 7.74. The van der Waals surface area contributed by atoms with Gasteiger partial charge < -0.3 is 15.7 Å². The van der Waals surface area contributed by atoms with Crippen LogP contribution in [0.25, 0.3) is 0 Å². The van der Waals surface area contributed by atoms with Gasteiger partial charge in [0.15, 0.2) is 0 Å². The van der Waals surface area contributed by atoms with Crippen molar-refractivity contribution in [3.63, 3.8) is 0 Å². The topological polar surface area (TPSA) is 78.4 Å². The summed E-state index contributed by atoms with van der Waals surface area (Å²) >= 11 is 0. The molecule has 1 rings (SSSR count). The Kier molecular flexibility index (Phi) is 5.85. The maximum absolute atomic E-state index is 11.5. The molecule has 0 aliphatic carbocycles. The number of hydrogen-bond donors (Lipinski definition) is 3. The molecular formula is C11H20N2O3. The van der Waals surface area contributed by atoms with Crippen molar-refractivity contribution in [1.82, 2.24) is 10.6 Å². The summed E-state index contributed by atoms with van der Waals surface area (Å²) in [5.41, 5.74) is 0. The van der Waals surface area contributed by atoms with Gasteiger partial charge in [0.25, 0.3) is 0 Å². The van der Waals surface area contributed by atoms with Gasteiger partial charge in [-0.15, -0.1) is 0 Å². The summed E-state index contributed by atoms with van der Waals surface area (Å²) in [5, 5.41) is 14.1. The number of aliphatic hydroxyl groups excluding tert-OH is 1. The lowest BCUT2D eigenvalue weighted by Gasteiger charge is -2.14. The highest BCUT2D eigenvalue weighted by molar-refractivity contribution is 5.87. The Bertz CT molecular complexity index is 243. The van der Waals surface area contributed by atoms with Crippen molar-refractivity contribution in [1.29, 1.82) is 0 Å². The highest BCUT2D eigenvalue weighted by atomic mass is 16.3. The van der Waals surface area contributed by atoms with Gasteiger partial charge in [0, 0.05) is 19.6 Å². The molecule has 2 amide bonds. The van der Waals surface area contributed by atoms with Gasteiger partial charge >= 0.3 is 0 Å². The Balaban J connectivity index is 2.27. The van der Waals surface area contributed by atoms with Crippen LogP contribution in [0.5, 0.6) is 0 Å². The fraction of sp³-hybridized carbons (Fsp3) is 0.818. The molecule has 0 bridgehead atoms. The van der Waals surface area contributed by atoms with Gasteiger partial charge in [-0.2, -0.15) is 0 Å². The van der Waals surface area contributed by atoms with Crippen LogP contribution in [0, 0.1) is 0 Å². The summed E-state index contributed by atoms with van der Waals surface area (Å²) in [6, 6.07) is -0.371. The van der Waals surface area contributed by atoms with Crippen LogP contribution < -0.4 is 10.6 Å². The molecule has 1 aliphatic rings. The van der Waals surface area contributed by atoms with E-state index in [0.29, 0.717) is 25.8 Å². The molecule has 5 heteroatoms. The Morgan fingerprint density at radius 1 is 1.44 bits per heavy atom. The fourth-order valence-corrected chi connectivity index (χ4v) is 1.74. The molecule has 5 nitrogen and oxygen atoms in total. The molecule has 0 aromatic rings. The first-order valence-corrected chi connectivity index (χ1v) is 5.92. The van der Waals surface area contributed by atoms with Crippen LogP contribution in [0.2, 0.25) is 0 Å². The van der Waals surface area contributed by atoms with E-state index in [0.717, 1.165) is 19.3 Å². The number of carbonyl (C=O) groups is 2. The van der Waals surface area contributed by atoms with E-state index >= 15 is 0 Å². The number of aliphatic hydroxyl groups is 1. The highest BCUT2D eigenvalue weighted by Gasteiger charge is 2.21. The third kappa shape index (κ3) is 4.61. The lowest BCUT2D eigenvalue weighted by molar-refractivity contribution is -0.128. The number of amides is 2. The summed E-state index contributed by atoms with van der Waals surface area (Å²) in [7, 11) is 0. The average molecular weight is 228 g/mol. The summed E-state index contributed by atoms with van der Waals surface area (Å²) in [5.74, 6) is -0.177. The second-order valence-corrected chi connectivity index (χ2v) is 4.09. The molecule has 1 fully saturated rings. The largest absolute Gasteiger partial charge is 0.396 e. The van der Waals surface area contributed by atoms with E-state index in [-0.39, 0.29) is 24.5 Å². The number of unbranched alkanes of at least 4 members (excludes halogenated alkanes) is 1. The van der Waals surface area contributed by atoms with Gasteiger partial charge in [-0.3, -0.25) is 9.59 Å². The van der Waals surface area contributed by atoms with E-state index in [1.54, 1.807) is 0 Å². The lowest BCUT2D eigenvalue weighted by atomic mass is 10.1. The van der Waals surface area contributed by atoms with Crippen LogP contribution in [0.1, 0.15) is 38.5 Å². The quantitative estimate of drug-likeness (QED) is 0.577. The van der Waals surface area contributed by atoms with Crippen molar-refractivity contribution in [3.05, 3.63) is 0 Å². The SMILES string of the molecule is O=C(CCCCO)NC1CCCCNC1=O. The van der Waals surface area contributed by atoms with Crippen LogP contribution in [0.3, 0.4) is 0 Å². The zero-order chi connectivity index (χ0) is 11.8. The summed E-state index contributed by atoms with van der Waals surface area (Å²) in [4.78, 5) is 23.0. The third-order valence-corrected chi connectivity index (χ3v) is 2.68. The predicted molar refractivity (Wildman–Crippen MR) is 59.7 cm³/mol. The number of hydrogen-bond acceptors (Lipinski definition) is 3. The molecular weight excluding hydrogens is 208 g/mol. The smallest absolute Gasteiger partial charge is 0.242 e. The average Bonchev–Trinajstić information content (AvgIpc) is 2.45. The van der Waals surface area contributed by atoms with Crippen LogP contribution in [0.4, 0.5) is 0 Å². The van der Waals surface area contributed by atoms with Crippen molar-refractivity contribution in [3.8, 4) is 0 Å². The monoisotopic (exact) mass is 228 g/mol. The molecule has 0 saturated carbocycles. The maximum atomic E-state index is 11.5. The number of carbonyl (C=O) groups excluding carboxylic acids is 2. The minimum absolute atomic E-state index is 0.0759. The Morgan fingerprint density at radius 2 is 2.25 bits per heavy atom. The number of rotatable bonds is 5. The zero-order valence-corrected chi connectivity index (χ0v) is 9.50. The normalized spacial score (nSPS) is 21.1. The summed E-state index contributed by atoms with van der Waals surface area (Å²) in [6.45, 7) is 0.812. The molecule has 1 heterocycles. The second kappa shape index (κ2) is 7.22. The van der Waals surface area contributed by atoms with Gasteiger partial charge in [0.2, 0.25) is 11.8 Å². The van der Waals surface area contributed by atoms with E-state index in [9.17, 15) is 9.59 Å². The van der Waals surface area contributed by atoms with Crippen molar-refractivity contribution in [2.24, 2.45) is 0 Å². The third-order valence-electron chi connectivity index (χ3n) is 2.68. The van der Waals surface area contributed by atoms with Gasteiger partial charge in [-0.05, 0) is 32.1 Å². The summed E-state index contributed by atoms with van der Waals surface area (Å²) in [6.07, 6.45) is 4.33. The van der Waals surface area contributed by atoms with Gasteiger partial charge in [-0.25, -0.2) is 0 Å². The van der Waals surface area contributed by atoms with Crippen molar-refractivity contribution in [2.45, 2.75) is 44.6 Å². The van der Waals surface area contributed by atoms with Gasteiger partial charge in [-0.1, -0.05) is 0 Å². The van der Waals surface area contributed by atoms with Crippen LogP contribution in [-0.4, -0.2) is 36.1 Å². The van der Waals surface area contributed by atoms with Crippen LogP contribution >= 0.6 is 0 Å². The van der Waals surface area contributed by atoms with E-state index in [1.165, 1.54) is 0 Å². The molecule has 1 unspecified atom stereocenters. The highest BCUT2D eigenvalue weighted by Crippen LogP contribution is 2.06. The second-order valence-electron chi connectivity index (χ2n) is 4.09. The summed E-state index contributed by atoms with van der Waals surface area (Å²) < 4.78 is 0. The first kappa shape index (κ1) is 13.0. The first-order valence-electron chi connectivity index (χ1n) is 5.92. The molecule has 1 atom stereocenters. The Hall–Kier alpha value is -1.10. The Morgan fingerprint density at radius 3 is 3.00 bits per heavy atom. The Labute approximate surface area is 95.6 Å². The van der Waals surface area contributed by atoms with E-state index in [1.807, 2.05) is 0 Å². The molecule has 0 aromatic carbocycles. The van der Waals surface area contributed by atoms with E-state index in [4.69, 9.17) is 5.11 Å². The maximum Gasteiger partial charge on any atom is 0.242 e. The molecule has 92 valence electrons. The lowest BCUT2D eigenvalue weighted by Crippen LogP contribution is -2.45. The van der Waals surface area contributed by atoms with Crippen molar-refractivity contribution < 1.29 is 14.7 Å². The molecule has 16 heavy (non-hydrogen) atoms. The van der Waals surface area contributed by atoms with Crippen LogP contribution in [0.15, 0.2) is 0 Å². The van der Waals surface area contributed by atoms with Gasteiger partial charge in [0.1, 0.15) is 6.04 Å². The minimum atomic E-state index is -0.371. The molecule has 0 aromatic heterocycles. The van der Waals surface area contributed by atoms with E-state index < -0.39 is 0 Å². The minimum Gasteiger partial charge on any atom is -0.396 e. The van der Waals surface area contributed by atoms with Gasteiger partial charge in [0.05, 0.1) is 0 Å². The van der Waals surface area contributed by atoms with Crippen molar-refractivity contribution in [2.75, 3.05) is 13.2 Å². The molecule has 3 N–H and O–H groups in total. The molecule has 0 radical (unpaired) electrons. The number of nitrogens with one attached hydrogen (secondary N) is 2. The molecule has 0 spiro atoms. The fourth-order valence-electron chi connectivity index (χ4n) is 1.74. The molecule has 1 saturated heterocycles. The molecule has 1 aliphatic heterocycles.